The number of phenols is 1. The van der Waals surface area contributed by atoms with Crippen LogP contribution in [0.25, 0.3) is 11.3 Å². The molecule has 1 aliphatic rings. The number of fused-ring (bicyclic) bond motifs is 1. The van der Waals surface area contributed by atoms with E-state index >= 15 is 0 Å². The van der Waals surface area contributed by atoms with Crippen molar-refractivity contribution in [2.45, 2.75) is 32.4 Å². The Hall–Kier alpha value is -3.57. The maximum atomic E-state index is 13.5. The van der Waals surface area contributed by atoms with Gasteiger partial charge in [-0.2, -0.15) is 5.10 Å². The summed E-state index contributed by atoms with van der Waals surface area (Å²) in [5.74, 6) is 0.423. The molecular weight excluding hydrogens is 434 g/mol. The number of carbonyl (C=O) groups excluding carboxylic acids is 1. The number of hydrogen-bond acceptors (Lipinski definition) is 3. The van der Waals surface area contributed by atoms with Crippen LogP contribution in [-0.2, 0) is 6.54 Å². The minimum Gasteiger partial charge on any atom is -0.507 e. The standard InChI is InChI=1S/C27H24ClN3O2/c1-16(2)18-9-11-19(12-10-18)26-23-24(21-5-3-4-6-22(21)32)29-30-25(23)27(33)31(26)15-17-7-13-20(28)14-8-17/h3-14,16,26,32H,15H2,1-2H3,(H,29,30). The van der Waals surface area contributed by atoms with Gasteiger partial charge >= 0.3 is 0 Å². The molecule has 5 rings (SSSR count). The maximum absolute atomic E-state index is 13.5. The second-order valence-corrected chi connectivity index (χ2v) is 9.10. The molecule has 0 spiro atoms. The Bertz CT molecular complexity index is 1310. The second-order valence-electron chi connectivity index (χ2n) is 8.66. The molecule has 3 aromatic carbocycles. The number of halogens is 1. The van der Waals surface area contributed by atoms with Crippen molar-refractivity contribution in [2.75, 3.05) is 0 Å². The molecule has 4 aromatic rings. The fourth-order valence-electron chi connectivity index (χ4n) is 4.44. The lowest BCUT2D eigenvalue weighted by Gasteiger charge is -2.27. The summed E-state index contributed by atoms with van der Waals surface area (Å²) in [5, 5.41) is 18.5. The summed E-state index contributed by atoms with van der Waals surface area (Å²) in [6, 6.07) is 22.7. The zero-order chi connectivity index (χ0) is 23.1. The smallest absolute Gasteiger partial charge is 0.273 e. The van der Waals surface area contributed by atoms with Crippen molar-refractivity contribution in [1.82, 2.24) is 15.1 Å². The molecule has 166 valence electrons. The van der Waals surface area contributed by atoms with Gasteiger partial charge in [0, 0.05) is 22.7 Å². The molecule has 1 unspecified atom stereocenters. The van der Waals surface area contributed by atoms with Crippen molar-refractivity contribution in [3.63, 3.8) is 0 Å². The first-order valence-corrected chi connectivity index (χ1v) is 11.3. The number of rotatable bonds is 5. The van der Waals surface area contributed by atoms with Gasteiger partial charge in [0.1, 0.15) is 17.1 Å². The summed E-state index contributed by atoms with van der Waals surface area (Å²) >= 11 is 6.06. The monoisotopic (exact) mass is 457 g/mol. The summed E-state index contributed by atoms with van der Waals surface area (Å²) in [6.45, 7) is 4.74. The zero-order valence-electron chi connectivity index (χ0n) is 18.4. The van der Waals surface area contributed by atoms with Crippen LogP contribution in [0.15, 0.2) is 72.8 Å². The zero-order valence-corrected chi connectivity index (χ0v) is 19.2. The molecule has 33 heavy (non-hydrogen) atoms. The number of benzene rings is 3. The molecule has 1 atom stereocenters. The molecule has 1 aliphatic heterocycles. The van der Waals surface area contributed by atoms with E-state index in [4.69, 9.17) is 11.6 Å². The van der Waals surface area contributed by atoms with Crippen molar-refractivity contribution < 1.29 is 9.90 Å². The summed E-state index contributed by atoms with van der Waals surface area (Å²) in [4.78, 5) is 15.4. The average Bonchev–Trinajstić information content (AvgIpc) is 3.35. The van der Waals surface area contributed by atoms with E-state index in [0.717, 1.165) is 16.7 Å². The summed E-state index contributed by atoms with van der Waals surface area (Å²) in [5.41, 5.74) is 5.65. The van der Waals surface area contributed by atoms with E-state index in [9.17, 15) is 9.90 Å². The number of amides is 1. The van der Waals surface area contributed by atoms with E-state index in [0.29, 0.717) is 34.4 Å². The first kappa shape index (κ1) is 21.3. The van der Waals surface area contributed by atoms with Crippen LogP contribution < -0.4 is 0 Å². The highest BCUT2D eigenvalue weighted by atomic mass is 35.5. The molecule has 2 heterocycles. The SMILES string of the molecule is CC(C)c1ccc(C2c3c(-c4ccccc4O)n[nH]c3C(=O)N2Cc2ccc(Cl)cc2)cc1. The number of para-hydroxylation sites is 1. The number of hydrogen-bond donors (Lipinski definition) is 2. The van der Waals surface area contributed by atoms with Crippen LogP contribution in [-0.4, -0.2) is 26.1 Å². The average molecular weight is 458 g/mol. The fourth-order valence-corrected chi connectivity index (χ4v) is 4.56. The molecule has 1 aromatic heterocycles. The third kappa shape index (κ3) is 3.79. The van der Waals surface area contributed by atoms with Crippen LogP contribution in [0.1, 0.15) is 58.5 Å². The molecule has 5 nitrogen and oxygen atoms in total. The summed E-state index contributed by atoms with van der Waals surface area (Å²) in [7, 11) is 0. The quantitative estimate of drug-likeness (QED) is 0.369. The highest BCUT2D eigenvalue weighted by Gasteiger charge is 2.42. The number of aromatic hydroxyl groups is 1. The first-order valence-electron chi connectivity index (χ1n) is 11.0. The third-order valence-corrected chi connectivity index (χ3v) is 6.46. The van der Waals surface area contributed by atoms with Crippen LogP contribution in [0.2, 0.25) is 5.02 Å². The minimum atomic E-state index is -0.335. The Labute approximate surface area is 197 Å². The maximum Gasteiger partial charge on any atom is 0.273 e. The number of nitrogens with one attached hydrogen (secondary N) is 1. The van der Waals surface area contributed by atoms with Gasteiger partial charge in [0.2, 0.25) is 0 Å². The number of aromatic nitrogens is 2. The Morgan fingerprint density at radius 1 is 1.03 bits per heavy atom. The Morgan fingerprint density at radius 3 is 2.39 bits per heavy atom. The van der Waals surface area contributed by atoms with Crippen molar-refractivity contribution in [1.29, 1.82) is 0 Å². The highest BCUT2D eigenvalue weighted by Crippen LogP contribution is 2.45. The van der Waals surface area contributed by atoms with Gasteiger partial charge in [-0.25, -0.2) is 0 Å². The van der Waals surface area contributed by atoms with Crippen molar-refractivity contribution in [3.05, 3.63) is 106 Å². The summed E-state index contributed by atoms with van der Waals surface area (Å²) in [6.07, 6.45) is 0. The Morgan fingerprint density at radius 2 is 1.73 bits per heavy atom. The first-order chi connectivity index (χ1) is 15.9. The molecular formula is C27H24ClN3O2. The predicted octanol–water partition coefficient (Wildman–Crippen LogP) is 6.30. The largest absolute Gasteiger partial charge is 0.507 e. The van der Waals surface area contributed by atoms with Crippen molar-refractivity contribution in [2.24, 2.45) is 0 Å². The highest BCUT2D eigenvalue weighted by molar-refractivity contribution is 6.30. The number of nitrogens with zero attached hydrogens (tertiary/aromatic N) is 2. The third-order valence-electron chi connectivity index (χ3n) is 6.21. The molecule has 2 N–H and O–H groups in total. The van der Waals surface area contributed by atoms with Crippen LogP contribution in [0.3, 0.4) is 0 Å². The molecule has 0 bridgehead atoms. The minimum absolute atomic E-state index is 0.118. The van der Waals surface area contributed by atoms with Crippen LogP contribution in [0.5, 0.6) is 5.75 Å². The van der Waals surface area contributed by atoms with Gasteiger partial charge in [0.05, 0.1) is 6.04 Å². The van der Waals surface area contributed by atoms with Gasteiger partial charge in [-0.15, -0.1) is 0 Å². The van der Waals surface area contributed by atoms with Gasteiger partial charge in [-0.3, -0.25) is 9.89 Å². The van der Waals surface area contributed by atoms with E-state index in [2.05, 4.69) is 48.3 Å². The second kappa shape index (κ2) is 8.41. The number of phenolic OH excluding ortho intramolecular Hbond substituents is 1. The van der Waals surface area contributed by atoms with E-state index < -0.39 is 0 Å². The van der Waals surface area contributed by atoms with Gasteiger partial charge < -0.3 is 10.0 Å². The molecule has 0 aliphatic carbocycles. The fraction of sp³-hybridized carbons (Fsp3) is 0.185. The lowest BCUT2D eigenvalue weighted by atomic mass is 9.93. The molecule has 0 fully saturated rings. The number of H-pyrrole nitrogens is 1. The van der Waals surface area contributed by atoms with Crippen LogP contribution >= 0.6 is 11.6 Å². The molecule has 1 amide bonds. The van der Waals surface area contributed by atoms with Gasteiger partial charge in [-0.05, 0) is 46.9 Å². The van der Waals surface area contributed by atoms with Crippen LogP contribution in [0.4, 0.5) is 0 Å². The Kier molecular flexibility index (Phi) is 5.43. The topological polar surface area (TPSA) is 69.2 Å². The summed E-state index contributed by atoms with van der Waals surface area (Å²) < 4.78 is 0. The Balaban J connectivity index is 1.64. The van der Waals surface area contributed by atoms with Crippen molar-refractivity contribution in [3.8, 4) is 17.0 Å². The molecule has 0 radical (unpaired) electrons. The molecule has 0 saturated heterocycles. The lowest BCUT2D eigenvalue weighted by Crippen LogP contribution is -2.29. The normalized spacial score (nSPS) is 15.3. The van der Waals surface area contributed by atoms with Gasteiger partial charge in [-0.1, -0.05) is 74.0 Å². The van der Waals surface area contributed by atoms with Crippen LogP contribution in [0, 0.1) is 0 Å². The number of aromatic amines is 1. The predicted molar refractivity (Wildman–Crippen MR) is 129 cm³/mol. The molecule has 0 saturated carbocycles. The number of carbonyl (C=O) groups is 1. The van der Waals surface area contributed by atoms with E-state index in [1.54, 1.807) is 12.1 Å². The van der Waals surface area contributed by atoms with Crippen molar-refractivity contribution >= 4 is 17.5 Å². The van der Waals surface area contributed by atoms with E-state index in [1.807, 2.05) is 41.3 Å². The molecule has 6 heteroatoms. The van der Waals surface area contributed by atoms with Gasteiger partial charge in [0.15, 0.2) is 0 Å². The van der Waals surface area contributed by atoms with Gasteiger partial charge in [0.25, 0.3) is 5.91 Å². The van der Waals surface area contributed by atoms with E-state index in [1.165, 1.54) is 5.56 Å². The lowest BCUT2D eigenvalue weighted by molar-refractivity contribution is 0.0730. The van der Waals surface area contributed by atoms with E-state index in [-0.39, 0.29) is 17.7 Å².